The van der Waals surface area contributed by atoms with Crippen molar-refractivity contribution in [2.45, 2.75) is 31.6 Å². The molecule has 178 valence electrons. The summed E-state index contributed by atoms with van der Waals surface area (Å²) in [7, 11) is 3.22. The number of aromatic nitrogens is 4. The Labute approximate surface area is 208 Å². The number of hydrogen-bond acceptors (Lipinski definition) is 7. The van der Waals surface area contributed by atoms with Crippen LogP contribution in [0.25, 0.3) is 28.2 Å². The topological polar surface area (TPSA) is 74.7 Å². The van der Waals surface area contributed by atoms with Crippen LogP contribution in [-0.2, 0) is 5.75 Å². The lowest BCUT2D eigenvalue weighted by atomic mass is 10.0. The Hall–Kier alpha value is -3.78. The Kier molecular flexibility index (Phi) is 6.21. The van der Waals surface area contributed by atoms with E-state index in [9.17, 15) is 0 Å². The van der Waals surface area contributed by atoms with E-state index in [4.69, 9.17) is 24.0 Å². The molecule has 0 radical (unpaired) electrons. The molecule has 3 heterocycles. The van der Waals surface area contributed by atoms with Gasteiger partial charge in [-0.25, -0.2) is 14.5 Å². The van der Waals surface area contributed by atoms with Gasteiger partial charge in [-0.1, -0.05) is 29.5 Å². The molecule has 35 heavy (non-hydrogen) atoms. The van der Waals surface area contributed by atoms with Crippen molar-refractivity contribution in [2.24, 2.45) is 0 Å². The zero-order valence-corrected chi connectivity index (χ0v) is 21.1. The average molecular weight is 487 g/mol. The highest BCUT2D eigenvalue weighted by molar-refractivity contribution is 7.98. The highest BCUT2D eigenvalue weighted by Crippen LogP contribution is 2.34. The fraction of sp³-hybridized carbons (Fsp3) is 0.222. The lowest BCUT2D eigenvalue weighted by Crippen LogP contribution is -1.93. The first-order chi connectivity index (χ1) is 17.0. The molecule has 0 aliphatic heterocycles. The first-order valence-electron chi connectivity index (χ1n) is 11.2. The molecule has 0 bridgehead atoms. The molecule has 0 saturated heterocycles. The van der Waals surface area contributed by atoms with Gasteiger partial charge < -0.3 is 13.9 Å². The molecule has 0 spiro atoms. The van der Waals surface area contributed by atoms with Crippen molar-refractivity contribution in [1.29, 1.82) is 0 Å². The summed E-state index contributed by atoms with van der Waals surface area (Å²) in [6, 6.07) is 14.1. The fourth-order valence-electron chi connectivity index (χ4n) is 3.94. The van der Waals surface area contributed by atoms with Gasteiger partial charge in [-0.2, -0.15) is 5.10 Å². The second-order valence-electron chi connectivity index (χ2n) is 8.29. The molecule has 0 saturated carbocycles. The highest BCUT2D eigenvalue weighted by atomic mass is 32.2. The Balaban J connectivity index is 1.41. The zero-order chi connectivity index (χ0) is 24.5. The van der Waals surface area contributed by atoms with E-state index in [2.05, 4.69) is 43.1 Å². The molecule has 7 nitrogen and oxygen atoms in total. The van der Waals surface area contributed by atoms with Gasteiger partial charge in [-0.3, -0.25) is 0 Å². The van der Waals surface area contributed by atoms with Crippen LogP contribution in [0.5, 0.6) is 11.5 Å². The minimum absolute atomic E-state index is 0.548. The summed E-state index contributed by atoms with van der Waals surface area (Å²) in [6.45, 7) is 6.13. The maximum Gasteiger partial charge on any atom is 0.226 e. The molecular formula is C27H26N4O3S. The molecule has 2 aromatic carbocycles. The summed E-state index contributed by atoms with van der Waals surface area (Å²) in [5, 5.41) is 5.69. The van der Waals surface area contributed by atoms with E-state index in [-0.39, 0.29) is 0 Å². The number of methoxy groups -OCH3 is 2. The molecule has 0 amide bonds. The van der Waals surface area contributed by atoms with Crippen LogP contribution in [0.2, 0.25) is 0 Å². The van der Waals surface area contributed by atoms with Crippen LogP contribution in [0.1, 0.15) is 22.6 Å². The largest absolute Gasteiger partial charge is 0.493 e. The SMILES string of the molecule is COc1ccc(-c2nc(CSc3nccn4nc(-c5cc(C)ccc5C)cc34)c(C)o2)cc1OC. The van der Waals surface area contributed by atoms with Gasteiger partial charge >= 0.3 is 0 Å². The third-order valence-electron chi connectivity index (χ3n) is 5.89. The number of aryl methyl sites for hydroxylation is 3. The maximum atomic E-state index is 5.98. The van der Waals surface area contributed by atoms with E-state index in [0.29, 0.717) is 23.1 Å². The number of rotatable bonds is 7. The first kappa shape index (κ1) is 23.0. The molecule has 0 N–H and O–H groups in total. The van der Waals surface area contributed by atoms with E-state index in [1.54, 1.807) is 32.2 Å². The lowest BCUT2D eigenvalue weighted by molar-refractivity contribution is 0.355. The third kappa shape index (κ3) is 4.49. The molecule has 3 aromatic heterocycles. The predicted molar refractivity (Wildman–Crippen MR) is 137 cm³/mol. The molecule has 5 aromatic rings. The molecule has 0 fully saturated rings. The number of hydrogen-bond donors (Lipinski definition) is 0. The standard InChI is InChI=1S/C27H26N4O3S/c1-16-6-7-17(2)20(12-16)21-14-23-27(28-10-11-31(23)30-21)35-15-22-18(3)34-26(29-22)19-8-9-24(32-4)25(13-19)33-5/h6-14H,15H2,1-5H3. The maximum absolute atomic E-state index is 5.98. The fourth-order valence-corrected chi connectivity index (χ4v) is 4.92. The van der Waals surface area contributed by atoms with Crippen LogP contribution in [-0.4, -0.2) is 33.8 Å². The lowest BCUT2D eigenvalue weighted by Gasteiger charge is -2.07. The smallest absolute Gasteiger partial charge is 0.226 e. The van der Waals surface area contributed by atoms with Gasteiger partial charge in [0.1, 0.15) is 10.8 Å². The molecule has 0 aliphatic carbocycles. The summed E-state index contributed by atoms with van der Waals surface area (Å²) in [5.41, 5.74) is 7.15. The summed E-state index contributed by atoms with van der Waals surface area (Å²) < 4.78 is 18.6. The number of oxazole rings is 1. The van der Waals surface area contributed by atoms with Crippen molar-refractivity contribution < 1.29 is 13.9 Å². The monoisotopic (exact) mass is 486 g/mol. The molecule has 0 aliphatic rings. The van der Waals surface area contributed by atoms with E-state index in [1.807, 2.05) is 35.8 Å². The van der Waals surface area contributed by atoms with Gasteiger partial charge in [0.15, 0.2) is 11.5 Å². The first-order valence-corrected chi connectivity index (χ1v) is 12.2. The van der Waals surface area contributed by atoms with E-state index < -0.39 is 0 Å². The van der Waals surface area contributed by atoms with Gasteiger partial charge in [0, 0.05) is 29.3 Å². The minimum Gasteiger partial charge on any atom is -0.493 e. The normalized spacial score (nSPS) is 11.2. The van der Waals surface area contributed by atoms with Gasteiger partial charge in [0.25, 0.3) is 0 Å². The van der Waals surface area contributed by atoms with E-state index >= 15 is 0 Å². The van der Waals surface area contributed by atoms with Crippen LogP contribution < -0.4 is 9.47 Å². The highest BCUT2D eigenvalue weighted by Gasteiger charge is 2.16. The number of ether oxygens (including phenoxy) is 2. The Morgan fingerprint density at radius 2 is 1.80 bits per heavy atom. The number of fused-ring (bicyclic) bond motifs is 1. The minimum atomic E-state index is 0.548. The third-order valence-corrected chi connectivity index (χ3v) is 6.90. The Morgan fingerprint density at radius 3 is 2.60 bits per heavy atom. The van der Waals surface area contributed by atoms with Gasteiger partial charge in [0.2, 0.25) is 5.89 Å². The van der Waals surface area contributed by atoms with E-state index in [0.717, 1.165) is 38.8 Å². The summed E-state index contributed by atoms with van der Waals surface area (Å²) in [4.78, 5) is 9.36. The van der Waals surface area contributed by atoms with E-state index in [1.165, 1.54) is 11.1 Å². The molecule has 0 atom stereocenters. The number of nitrogens with zero attached hydrogens (tertiary/aromatic N) is 4. The zero-order valence-electron chi connectivity index (χ0n) is 20.3. The molecule has 0 unspecified atom stereocenters. The van der Waals surface area contributed by atoms with Crippen molar-refractivity contribution in [1.82, 2.24) is 19.6 Å². The van der Waals surface area contributed by atoms with Gasteiger partial charge in [-0.15, -0.1) is 0 Å². The van der Waals surface area contributed by atoms with Gasteiger partial charge in [0.05, 0.1) is 31.1 Å². The van der Waals surface area contributed by atoms with Crippen LogP contribution in [0, 0.1) is 20.8 Å². The Bertz CT molecular complexity index is 1520. The van der Waals surface area contributed by atoms with Crippen molar-refractivity contribution in [3.8, 4) is 34.2 Å². The summed E-state index contributed by atoms with van der Waals surface area (Å²) in [6.07, 6.45) is 3.66. The summed E-state index contributed by atoms with van der Waals surface area (Å²) in [5.74, 6) is 3.24. The number of benzene rings is 2. The summed E-state index contributed by atoms with van der Waals surface area (Å²) >= 11 is 1.62. The second-order valence-corrected chi connectivity index (χ2v) is 9.25. The van der Waals surface area contributed by atoms with Crippen molar-refractivity contribution in [2.75, 3.05) is 14.2 Å². The molecular weight excluding hydrogens is 460 g/mol. The molecule has 5 rings (SSSR count). The van der Waals surface area contributed by atoms with Crippen LogP contribution >= 0.6 is 11.8 Å². The van der Waals surface area contributed by atoms with Crippen molar-refractivity contribution in [3.63, 3.8) is 0 Å². The average Bonchev–Trinajstić information content (AvgIpc) is 3.47. The van der Waals surface area contributed by atoms with Crippen LogP contribution in [0.4, 0.5) is 0 Å². The van der Waals surface area contributed by atoms with Crippen molar-refractivity contribution >= 4 is 17.3 Å². The van der Waals surface area contributed by atoms with Crippen molar-refractivity contribution in [3.05, 3.63) is 77.4 Å². The Morgan fingerprint density at radius 1 is 0.971 bits per heavy atom. The van der Waals surface area contributed by atoms with Crippen LogP contribution in [0.15, 0.2) is 64.3 Å². The second kappa shape index (κ2) is 9.46. The van der Waals surface area contributed by atoms with Gasteiger partial charge in [-0.05, 0) is 56.7 Å². The predicted octanol–water partition coefficient (Wildman–Crippen LogP) is 6.29. The number of thioether (sulfide) groups is 1. The van der Waals surface area contributed by atoms with Crippen LogP contribution in [0.3, 0.4) is 0 Å². The quantitative estimate of drug-likeness (QED) is 0.250. The molecule has 8 heteroatoms.